The van der Waals surface area contributed by atoms with Gasteiger partial charge in [-0.25, -0.2) is 5.32 Å². The monoisotopic (exact) mass is 242 g/mol. The fourth-order valence-corrected chi connectivity index (χ4v) is 0.959. The van der Waals surface area contributed by atoms with Crippen LogP contribution in [0.2, 0.25) is 0 Å². The number of carboxylic acid groups (broad SMARTS) is 1. The first kappa shape index (κ1) is 14.5. The van der Waals surface area contributed by atoms with Gasteiger partial charge in [-0.15, -0.1) is 0 Å². The van der Waals surface area contributed by atoms with Crippen LogP contribution in [0.15, 0.2) is 4.99 Å². The number of nitrogens with zero attached hydrogens (tertiary/aromatic N) is 1. The Morgan fingerprint density at radius 2 is 2.00 bits per heavy atom. The molecule has 0 aliphatic rings. The van der Waals surface area contributed by atoms with Crippen LogP contribution in [0.25, 0.3) is 0 Å². The average Bonchev–Trinajstić information content (AvgIpc) is 2.07. The third-order valence-electron chi connectivity index (χ3n) is 1.58. The molecule has 6 N–H and O–H groups in total. The number of alkyl halides is 3. The van der Waals surface area contributed by atoms with Gasteiger partial charge >= 0.3 is 12.3 Å². The van der Waals surface area contributed by atoms with E-state index in [9.17, 15) is 18.0 Å². The van der Waals surface area contributed by atoms with E-state index in [1.165, 1.54) is 0 Å². The number of rotatable bonds is 6. The molecular formula is C7H13F3N4O2. The molecule has 0 aromatic heterocycles. The number of aliphatic imine (C=N–C) groups is 1. The van der Waals surface area contributed by atoms with Crippen molar-refractivity contribution < 1.29 is 23.1 Å². The Morgan fingerprint density at radius 1 is 1.44 bits per heavy atom. The Labute approximate surface area is 89.5 Å². The van der Waals surface area contributed by atoms with Crippen molar-refractivity contribution in [2.24, 2.45) is 16.5 Å². The molecule has 16 heavy (non-hydrogen) atoms. The van der Waals surface area contributed by atoms with Gasteiger partial charge in [0.25, 0.3) is 0 Å². The highest BCUT2D eigenvalue weighted by molar-refractivity contribution is 5.75. The number of halogens is 3. The smallest absolute Gasteiger partial charge is 0.457 e. The molecule has 0 aliphatic carbocycles. The van der Waals surface area contributed by atoms with Crippen LogP contribution in [-0.4, -0.2) is 35.9 Å². The quantitative estimate of drug-likeness (QED) is 0.219. The standard InChI is InChI=1S/C7H13F3N4O2/c8-7(9,10)14-4(5(15)16)2-1-3-13-6(11)12/h4,14H,1-3H2,(H,15,16)(H4,11,12,13)/t4-/m0/s1. The molecule has 6 nitrogen and oxygen atoms in total. The normalized spacial score (nSPS) is 13.2. The molecule has 0 heterocycles. The minimum absolute atomic E-state index is 0.0889. The summed E-state index contributed by atoms with van der Waals surface area (Å²) in [5.41, 5.74) is 9.97. The lowest BCUT2D eigenvalue weighted by Gasteiger charge is -2.15. The highest BCUT2D eigenvalue weighted by Crippen LogP contribution is 2.13. The van der Waals surface area contributed by atoms with Gasteiger partial charge in [-0.2, -0.15) is 13.2 Å². The Hall–Kier alpha value is -1.51. The van der Waals surface area contributed by atoms with Gasteiger partial charge < -0.3 is 16.6 Å². The van der Waals surface area contributed by atoms with Crippen LogP contribution >= 0.6 is 0 Å². The summed E-state index contributed by atoms with van der Waals surface area (Å²) in [6.45, 7) is 0.0889. The molecule has 0 aromatic rings. The van der Waals surface area contributed by atoms with Crippen LogP contribution in [0.4, 0.5) is 13.2 Å². The van der Waals surface area contributed by atoms with Gasteiger partial charge in [-0.1, -0.05) is 0 Å². The molecule has 1 atom stereocenters. The summed E-state index contributed by atoms with van der Waals surface area (Å²) < 4.78 is 35.6. The Balaban J connectivity index is 4.06. The molecule has 0 fully saturated rings. The van der Waals surface area contributed by atoms with Crippen LogP contribution in [0.5, 0.6) is 0 Å². The van der Waals surface area contributed by atoms with E-state index in [2.05, 4.69) is 4.99 Å². The number of hydrogen-bond acceptors (Lipinski definition) is 3. The van der Waals surface area contributed by atoms with Crippen LogP contribution in [-0.2, 0) is 4.79 Å². The maximum absolute atomic E-state index is 11.9. The zero-order valence-corrected chi connectivity index (χ0v) is 8.29. The predicted molar refractivity (Wildman–Crippen MR) is 50.5 cm³/mol. The minimum Gasteiger partial charge on any atom is -0.480 e. The van der Waals surface area contributed by atoms with E-state index in [4.69, 9.17) is 16.6 Å². The van der Waals surface area contributed by atoms with E-state index in [0.717, 1.165) is 5.32 Å². The van der Waals surface area contributed by atoms with Gasteiger partial charge in [-0.05, 0) is 12.8 Å². The van der Waals surface area contributed by atoms with Gasteiger partial charge in [-0.3, -0.25) is 9.79 Å². The Kier molecular flexibility index (Phi) is 5.57. The van der Waals surface area contributed by atoms with Gasteiger partial charge in [0, 0.05) is 6.54 Å². The molecule has 0 saturated heterocycles. The van der Waals surface area contributed by atoms with Crippen molar-refractivity contribution in [3.05, 3.63) is 0 Å². The van der Waals surface area contributed by atoms with E-state index in [0.29, 0.717) is 0 Å². The second-order valence-electron chi connectivity index (χ2n) is 2.98. The van der Waals surface area contributed by atoms with E-state index in [-0.39, 0.29) is 25.3 Å². The van der Waals surface area contributed by atoms with Crippen LogP contribution in [0.1, 0.15) is 12.8 Å². The van der Waals surface area contributed by atoms with Crippen molar-refractivity contribution in [3.8, 4) is 0 Å². The second-order valence-corrected chi connectivity index (χ2v) is 2.98. The summed E-state index contributed by atoms with van der Waals surface area (Å²) in [6.07, 6.45) is -4.80. The topological polar surface area (TPSA) is 114 Å². The minimum atomic E-state index is -4.72. The number of hydrogen-bond donors (Lipinski definition) is 4. The molecule has 0 amide bonds. The van der Waals surface area contributed by atoms with Crippen molar-refractivity contribution in [3.63, 3.8) is 0 Å². The number of carboxylic acids is 1. The maximum Gasteiger partial charge on any atom is 0.457 e. The van der Waals surface area contributed by atoms with Gasteiger partial charge in [0.1, 0.15) is 6.04 Å². The molecule has 0 radical (unpaired) electrons. The Bertz CT molecular complexity index is 263. The van der Waals surface area contributed by atoms with E-state index in [1.807, 2.05) is 0 Å². The van der Waals surface area contributed by atoms with E-state index in [1.54, 1.807) is 0 Å². The SMILES string of the molecule is NC(N)=NCCC[C@H](NC(F)(F)F)C(=O)O. The molecule has 0 spiro atoms. The molecule has 0 rings (SSSR count). The molecule has 0 unspecified atom stereocenters. The Morgan fingerprint density at radius 3 is 2.38 bits per heavy atom. The fourth-order valence-electron chi connectivity index (χ4n) is 0.959. The lowest BCUT2D eigenvalue weighted by atomic mass is 10.1. The zero-order chi connectivity index (χ0) is 12.8. The lowest BCUT2D eigenvalue weighted by Crippen LogP contribution is -2.45. The second kappa shape index (κ2) is 6.16. The molecule has 0 aliphatic heterocycles. The predicted octanol–water partition coefficient (Wildman–Crippen LogP) is -0.397. The van der Waals surface area contributed by atoms with Crippen molar-refractivity contribution in [2.75, 3.05) is 6.54 Å². The van der Waals surface area contributed by atoms with Crippen molar-refractivity contribution in [1.82, 2.24) is 5.32 Å². The fraction of sp³-hybridized carbons (Fsp3) is 0.714. The number of guanidine groups is 1. The summed E-state index contributed by atoms with van der Waals surface area (Å²) in [4.78, 5) is 14.0. The van der Waals surface area contributed by atoms with Crippen LogP contribution < -0.4 is 16.8 Å². The molecular weight excluding hydrogens is 229 g/mol. The first-order valence-electron chi connectivity index (χ1n) is 4.35. The van der Waals surface area contributed by atoms with Gasteiger partial charge in [0.2, 0.25) is 0 Å². The molecule has 0 bridgehead atoms. The van der Waals surface area contributed by atoms with E-state index >= 15 is 0 Å². The highest BCUT2D eigenvalue weighted by atomic mass is 19.4. The van der Waals surface area contributed by atoms with E-state index < -0.39 is 18.3 Å². The van der Waals surface area contributed by atoms with Crippen LogP contribution in [0, 0.1) is 0 Å². The third-order valence-corrected chi connectivity index (χ3v) is 1.58. The third kappa shape index (κ3) is 7.85. The summed E-state index contributed by atoms with van der Waals surface area (Å²) in [7, 11) is 0. The van der Waals surface area contributed by atoms with Crippen molar-refractivity contribution in [2.45, 2.75) is 25.2 Å². The molecule has 94 valence electrons. The summed E-state index contributed by atoms with van der Waals surface area (Å²) >= 11 is 0. The zero-order valence-electron chi connectivity index (χ0n) is 8.29. The summed E-state index contributed by atoms with van der Waals surface area (Å²) in [6, 6.07) is -1.69. The molecule has 0 saturated carbocycles. The summed E-state index contributed by atoms with van der Waals surface area (Å²) in [5.74, 6) is -1.75. The largest absolute Gasteiger partial charge is 0.480 e. The first-order chi connectivity index (χ1) is 7.22. The maximum atomic E-state index is 11.9. The number of aliphatic carboxylic acids is 1. The average molecular weight is 242 g/mol. The highest BCUT2D eigenvalue weighted by Gasteiger charge is 2.33. The number of carbonyl (C=O) groups is 1. The molecule has 0 aromatic carbocycles. The first-order valence-corrected chi connectivity index (χ1v) is 4.35. The van der Waals surface area contributed by atoms with Crippen molar-refractivity contribution >= 4 is 11.9 Å². The number of nitrogens with two attached hydrogens (primary N) is 2. The van der Waals surface area contributed by atoms with Gasteiger partial charge in [0.15, 0.2) is 5.96 Å². The lowest BCUT2D eigenvalue weighted by molar-refractivity contribution is -0.174. The van der Waals surface area contributed by atoms with Gasteiger partial charge in [0.05, 0.1) is 0 Å². The van der Waals surface area contributed by atoms with Crippen molar-refractivity contribution in [1.29, 1.82) is 0 Å². The number of nitrogens with one attached hydrogen (secondary N) is 1. The summed E-state index contributed by atoms with van der Waals surface area (Å²) in [5, 5.41) is 9.53. The van der Waals surface area contributed by atoms with Crippen LogP contribution in [0.3, 0.4) is 0 Å². The molecule has 9 heteroatoms.